The molecule has 0 saturated carbocycles. The quantitative estimate of drug-likeness (QED) is 0.387. The monoisotopic (exact) mass is 462 g/mol. The van der Waals surface area contributed by atoms with Gasteiger partial charge in [0.05, 0.1) is 28.4 Å². The fourth-order valence-electron chi connectivity index (χ4n) is 3.12. The van der Waals surface area contributed by atoms with Gasteiger partial charge in [-0.05, 0) is 38.3 Å². The molecular formula is C22H23O7PS. The maximum atomic E-state index is 11.4. The summed E-state index contributed by atoms with van der Waals surface area (Å²) in [6, 6.07) is 18.2. The Balaban J connectivity index is 2.31. The third kappa shape index (κ3) is 5.10. The van der Waals surface area contributed by atoms with Crippen LogP contribution in [0.5, 0.6) is 28.7 Å². The Bertz CT molecular complexity index is 1020. The minimum absolute atomic E-state index is 0.296. The highest BCUT2D eigenvalue weighted by Gasteiger charge is 2.27. The van der Waals surface area contributed by atoms with Gasteiger partial charge in [-0.2, -0.15) is 4.21 Å². The predicted molar refractivity (Wildman–Crippen MR) is 123 cm³/mol. The van der Waals surface area contributed by atoms with Crippen LogP contribution in [0.3, 0.4) is 0 Å². The molecule has 3 aromatic carbocycles. The molecule has 0 radical (unpaired) electrons. The van der Waals surface area contributed by atoms with Crippen molar-refractivity contribution >= 4 is 35.2 Å². The van der Waals surface area contributed by atoms with E-state index in [9.17, 15) is 8.76 Å². The predicted octanol–water partition coefficient (Wildman–Crippen LogP) is 2.99. The zero-order valence-corrected chi connectivity index (χ0v) is 19.2. The van der Waals surface area contributed by atoms with Gasteiger partial charge in [0.15, 0.2) is 5.75 Å². The molecular weight excluding hydrogens is 439 g/mol. The fourth-order valence-corrected chi connectivity index (χ4v) is 6.03. The van der Waals surface area contributed by atoms with E-state index in [1.807, 2.05) is 36.4 Å². The van der Waals surface area contributed by atoms with Crippen molar-refractivity contribution in [3.8, 4) is 28.7 Å². The first-order valence-electron chi connectivity index (χ1n) is 9.14. The summed E-state index contributed by atoms with van der Waals surface area (Å²) >= 11 is -2.47. The molecule has 0 spiro atoms. The number of methoxy groups -OCH3 is 4. The number of rotatable bonds is 9. The summed E-state index contributed by atoms with van der Waals surface area (Å²) in [6.07, 6.45) is 0. The van der Waals surface area contributed by atoms with Crippen molar-refractivity contribution in [3.05, 3.63) is 60.7 Å². The maximum Gasteiger partial charge on any atom is 0.357 e. The molecule has 7 nitrogen and oxygen atoms in total. The van der Waals surface area contributed by atoms with Crippen molar-refractivity contribution in [2.24, 2.45) is 0 Å². The summed E-state index contributed by atoms with van der Waals surface area (Å²) in [5, 5.41) is 2.45. The van der Waals surface area contributed by atoms with Crippen LogP contribution in [-0.4, -0.2) is 37.2 Å². The van der Waals surface area contributed by atoms with Crippen LogP contribution in [-0.2, 0) is 11.4 Å². The normalized spacial score (nSPS) is 11.7. The van der Waals surface area contributed by atoms with E-state index in [0.29, 0.717) is 28.7 Å². The van der Waals surface area contributed by atoms with Gasteiger partial charge >= 0.3 is 11.4 Å². The highest BCUT2D eigenvalue weighted by atomic mass is 32.2. The van der Waals surface area contributed by atoms with Gasteiger partial charge in [-0.3, -0.25) is 4.55 Å². The van der Waals surface area contributed by atoms with E-state index < -0.39 is 19.3 Å². The average Bonchev–Trinajstić information content (AvgIpc) is 2.80. The molecule has 1 atom stereocenters. The van der Waals surface area contributed by atoms with Crippen LogP contribution in [0.2, 0.25) is 0 Å². The van der Waals surface area contributed by atoms with Gasteiger partial charge in [-0.1, -0.05) is 18.2 Å². The van der Waals surface area contributed by atoms with Crippen molar-refractivity contribution < 1.29 is 31.9 Å². The Morgan fingerprint density at radius 3 is 1.61 bits per heavy atom. The van der Waals surface area contributed by atoms with Crippen LogP contribution in [0.1, 0.15) is 0 Å². The van der Waals surface area contributed by atoms with Crippen LogP contribution >= 0.6 is 7.92 Å². The molecule has 1 N–H and O–H groups in total. The number of benzene rings is 3. The summed E-state index contributed by atoms with van der Waals surface area (Å²) in [6.45, 7) is 0. The zero-order chi connectivity index (χ0) is 22.4. The van der Waals surface area contributed by atoms with Gasteiger partial charge in [0.25, 0.3) is 0 Å². The lowest BCUT2D eigenvalue weighted by Crippen LogP contribution is -2.25. The average molecular weight is 462 g/mol. The lowest BCUT2D eigenvalue weighted by Gasteiger charge is -2.25. The van der Waals surface area contributed by atoms with Gasteiger partial charge in [-0.25, -0.2) is 0 Å². The van der Waals surface area contributed by atoms with Crippen molar-refractivity contribution in [2.75, 3.05) is 28.4 Å². The molecule has 0 aromatic heterocycles. The molecule has 0 amide bonds. The molecule has 9 heteroatoms. The Morgan fingerprint density at radius 2 is 1.16 bits per heavy atom. The first kappa shape index (κ1) is 22.9. The Labute approximate surface area is 185 Å². The van der Waals surface area contributed by atoms with Crippen LogP contribution < -0.4 is 39.0 Å². The standard InChI is InChI=1S/C22H23O7PS/c1-25-15-9-11-21(18(13-15)27-3)30(20-8-6-5-7-17(20)29-31(23)24)22-12-10-16(26-2)14-19(22)28-4/h5-14H,1-4H3,(H,23,24). The molecule has 3 rings (SSSR count). The molecule has 0 aliphatic carbocycles. The molecule has 0 saturated heterocycles. The molecule has 3 aromatic rings. The molecule has 31 heavy (non-hydrogen) atoms. The number of para-hydroxylation sites is 1. The van der Waals surface area contributed by atoms with E-state index in [1.54, 1.807) is 52.7 Å². The van der Waals surface area contributed by atoms with Crippen LogP contribution in [0.4, 0.5) is 0 Å². The largest absolute Gasteiger partial charge is 0.497 e. The Kier molecular flexibility index (Phi) is 7.74. The third-order valence-electron chi connectivity index (χ3n) is 4.52. The molecule has 1 unspecified atom stereocenters. The number of hydrogen-bond donors (Lipinski definition) is 1. The van der Waals surface area contributed by atoms with E-state index in [1.165, 1.54) is 0 Å². The van der Waals surface area contributed by atoms with E-state index in [-0.39, 0.29) is 0 Å². The summed E-state index contributed by atoms with van der Waals surface area (Å²) in [4.78, 5) is 0. The molecule has 0 aliphatic heterocycles. The molecule has 164 valence electrons. The van der Waals surface area contributed by atoms with E-state index in [2.05, 4.69) is 0 Å². The van der Waals surface area contributed by atoms with Crippen molar-refractivity contribution in [2.45, 2.75) is 0 Å². The Hall–Kier alpha value is -2.80. The van der Waals surface area contributed by atoms with Crippen molar-refractivity contribution in [3.63, 3.8) is 0 Å². The second-order valence-corrected chi connectivity index (χ2v) is 8.90. The van der Waals surface area contributed by atoms with Gasteiger partial charge < -0.3 is 23.1 Å². The molecule has 0 aliphatic rings. The lowest BCUT2D eigenvalue weighted by atomic mass is 10.3. The molecule has 0 bridgehead atoms. The smallest absolute Gasteiger partial charge is 0.357 e. The second-order valence-electron chi connectivity index (χ2n) is 6.18. The van der Waals surface area contributed by atoms with Gasteiger partial charge in [0.2, 0.25) is 0 Å². The highest BCUT2D eigenvalue weighted by Crippen LogP contribution is 2.43. The SMILES string of the molecule is COc1ccc(P(c2ccc(OC)cc2OC)c2ccccc2OS(=O)O)c(OC)c1. The minimum atomic E-state index is -2.47. The van der Waals surface area contributed by atoms with E-state index in [0.717, 1.165) is 15.9 Å². The van der Waals surface area contributed by atoms with Crippen molar-refractivity contribution in [1.29, 1.82) is 0 Å². The fraction of sp³-hybridized carbons (Fsp3) is 0.182. The third-order valence-corrected chi connectivity index (χ3v) is 7.40. The van der Waals surface area contributed by atoms with E-state index in [4.69, 9.17) is 23.1 Å². The summed E-state index contributed by atoms with van der Waals surface area (Å²) < 4.78 is 48.1. The van der Waals surface area contributed by atoms with Crippen molar-refractivity contribution in [1.82, 2.24) is 0 Å². The minimum Gasteiger partial charge on any atom is -0.497 e. The maximum absolute atomic E-state index is 11.4. The van der Waals surface area contributed by atoms with Crippen LogP contribution in [0.25, 0.3) is 0 Å². The van der Waals surface area contributed by atoms with Gasteiger partial charge in [0, 0.05) is 28.0 Å². The summed E-state index contributed by atoms with van der Waals surface area (Å²) in [5.41, 5.74) is 0. The van der Waals surface area contributed by atoms with E-state index >= 15 is 0 Å². The Morgan fingerprint density at radius 1 is 0.677 bits per heavy atom. The first-order chi connectivity index (χ1) is 15.0. The number of hydrogen-bond acceptors (Lipinski definition) is 6. The lowest BCUT2D eigenvalue weighted by molar-refractivity contribution is 0.396. The van der Waals surface area contributed by atoms with Crippen LogP contribution in [0.15, 0.2) is 60.7 Å². The van der Waals surface area contributed by atoms with Crippen LogP contribution in [0, 0.1) is 0 Å². The zero-order valence-electron chi connectivity index (χ0n) is 17.5. The summed E-state index contributed by atoms with van der Waals surface area (Å²) in [5.74, 6) is 2.83. The summed E-state index contributed by atoms with van der Waals surface area (Å²) in [7, 11) is 5.03. The number of ether oxygens (including phenoxy) is 4. The highest BCUT2D eigenvalue weighted by molar-refractivity contribution is 7.80. The first-order valence-corrected chi connectivity index (χ1v) is 11.5. The topological polar surface area (TPSA) is 83.5 Å². The van der Waals surface area contributed by atoms with Gasteiger partial charge in [-0.15, -0.1) is 0 Å². The molecule has 0 fully saturated rings. The molecule has 0 heterocycles. The second kappa shape index (κ2) is 10.5. The van der Waals surface area contributed by atoms with Gasteiger partial charge in [0.1, 0.15) is 23.0 Å².